The smallest absolute Gasteiger partial charge is 0.257 e. The third-order valence-electron chi connectivity index (χ3n) is 6.01. The van der Waals surface area contributed by atoms with Crippen LogP contribution >= 0.6 is 0 Å². The van der Waals surface area contributed by atoms with Crippen molar-refractivity contribution < 1.29 is 14.3 Å². The number of ether oxygens (including phenoxy) is 1. The number of hydrogen-bond acceptors (Lipinski definition) is 6. The van der Waals surface area contributed by atoms with Crippen molar-refractivity contribution in [1.82, 2.24) is 14.8 Å². The molecule has 37 heavy (non-hydrogen) atoms. The third kappa shape index (κ3) is 4.30. The van der Waals surface area contributed by atoms with Crippen LogP contribution in [0.15, 0.2) is 85.1 Å². The SMILES string of the molecule is COc1cccc2c(C)cc(-n3ncc(C#N)c3NC(=O)c3ccccc3C(=O)c3ccccc3)nc12. The summed E-state index contributed by atoms with van der Waals surface area (Å²) in [5.74, 6) is 0.317. The number of pyridine rings is 1. The zero-order valence-electron chi connectivity index (χ0n) is 20.1. The number of carbonyl (C=O) groups excluding carboxylic acids is 2. The number of nitriles is 1. The van der Waals surface area contributed by atoms with E-state index >= 15 is 0 Å². The number of amides is 1. The predicted octanol–water partition coefficient (Wildman–Crippen LogP) is 5.09. The average Bonchev–Trinajstić information content (AvgIpc) is 3.35. The summed E-state index contributed by atoms with van der Waals surface area (Å²) < 4.78 is 6.88. The van der Waals surface area contributed by atoms with Crippen molar-refractivity contribution in [2.75, 3.05) is 12.4 Å². The van der Waals surface area contributed by atoms with Crippen molar-refractivity contribution >= 4 is 28.4 Å². The van der Waals surface area contributed by atoms with Crippen LogP contribution in [0.25, 0.3) is 16.7 Å². The van der Waals surface area contributed by atoms with E-state index < -0.39 is 5.91 Å². The molecule has 5 rings (SSSR count). The zero-order valence-corrected chi connectivity index (χ0v) is 20.1. The van der Waals surface area contributed by atoms with Gasteiger partial charge in [-0.05, 0) is 30.7 Å². The Bertz CT molecular complexity index is 1700. The highest BCUT2D eigenvalue weighted by Gasteiger charge is 2.22. The Morgan fingerprint density at radius 3 is 2.43 bits per heavy atom. The first-order valence-electron chi connectivity index (χ1n) is 11.4. The summed E-state index contributed by atoms with van der Waals surface area (Å²) in [6.07, 6.45) is 1.36. The first kappa shape index (κ1) is 23.5. The molecule has 1 amide bonds. The lowest BCUT2D eigenvalue weighted by Gasteiger charge is -2.13. The summed E-state index contributed by atoms with van der Waals surface area (Å²) in [7, 11) is 1.57. The van der Waals surface area contributed by atoms with Gasteiger partial charge in [0.15, 0.2) is 17.4 Å². The number of aryl methyl sites for hydroxylation is 1. The molecule has 0 unspecified atom stereocenters. The summed E-state index contributed by atoms with van der Waals surface area (Å²) in [4.78, 5) is 31.3. The normalized spacial score (nSPS) is 10.6. The van der Waals surface area contributed by atoms with E-state index in [4.69, 9.17) is 9.72 Å². The molecule has 180 valence electrons. The minimum Gasteiger partial charge on any atom is -0.494 e. The molecule has 2 heterocycles. The molecule has 0 aliphatic carbocycles. The number of ketones is 1. The van der Waals surface area contributed by atoms with Gasteiger partial charge in [0, 0.05) is 16.5 Å². The molecule has 0 bridgehead atoms. The minimum atomic E-state index is -0.548. The lowest BCUT2D eigenvalue weighted by molar-refractivity contribution is 0.0996. The van der Waals surface area contributed by atoms with E-state index in [1.54, 1.807) is 55.6 Å². The lowest BCUT2D eigenvalue weighted by Crippen LogP contribution is -2.19. The van der Waals surface area contributed by atoms with E-state index in [-0.39, 0.29) is 28.3 Å². The summed E-state index contributed by atoms with van der Waals surface area (Å²) >= 11 is 0. The monoisotopic (exact) mass is 487 g/mol. The highest BCUT2D eigenvalue weighted by atomic mass is 16.5. The maximum atomic E-state index is 13.4. The van der Waals surface area contributed by atoms with Crippen LogP contribution in [0.4, 0.5) is 5.82 Å². The first-order valence-corrected chi connectivity index (χ1v) is 11.4. The highest BCUT2D eigenvalue weighted by Crippen LogP contribution is 2.29. The van der Waals surface area contributed by atoms with Crippen LogP contribution in [0, 0.1) is 18.3 Å². The number of nitrogens with one attached hydrogen (secondary N) is 1. The molecule has 0 atom stereocenters. The van der Waals surface area contributed by atoms with Gasteiger partial charge in [0.1, 0.15) is 22.9 Å². The van der Waals surface area contributed by atoms with E-state index in [1.807, 2.05) is 37.3 Å². The van der Waals surface area contributed by atoms with Gasteiger partial charge in [-0.25, -0.2) is 4.98 Å². The van der Waals surface area contributed by atoms with E-state index in [9.17, 15) is 14.9 Å². The number of aromatic nitrogens is 3. The van der Waals surface area contributed by atoms with E-state index in [0.717, 1.165) is 10.9 Å². The number of para-hydroxylation sites is 1. The Morgan fingerprint density at radius 1 is 0.973 bits per heavy atom. The maximum Gasteiger partial charge on any atom is 0.257 e. The quantitative estimate of drug-likeness (QED) is 0.334. The van der Waals surface area contributed by atoms with Crippen LogP contribution in [0.3, 0.4) is 0 Å². The number of nitrogens with zero attached hydrogens (tertiary/aromatic N) is 4. The first-order chi connectivity index (χ1) is 18.0. The second-order valence-electron chi connectivity index (χ2n) is 8.28. The molecule has 0 spiro atoms. The van der Waals surface area contributed by atoms with Crippen molar-refractivity contribution in [3.8, 4) is 17.6 Å². The van der Waals surface area contributed by atoms with E-state index in [2.05, 4.69) is 16.5 Å². The molecule has 3 aromatic carbocycles. The number of benzene rings is 3. The van der Waals surface area contributed by atoms with Crippen molar-refractivity contribution in [3.63, 3.8) is 0 Å². The van der Waals surface area contributed by atoms with Gasteiger partial charge >= 0.3 is 0 Å². The van der Waals surface area contributed by atoms with Crippen molar-refractivity contribution in [3.05, 3.63) is 113 Å². The molecule has 1 N–H and O–H groups in total. The lowest BCUT2D eigenvalue weighted by atomic mass is 9.98. The van der Waals surface area contributed by atoms with Crippen LogP contribution in [0.1, 0.15) is 37.4 Å². The van der Waals surface area contributed by atoms with Crippen LogP contribution in [0.2, 0.25) is 0 Å². The fourth-order valence-corrected chi connectivity index (χ4v) is 4.17. The Hall–Kier alpha value is -5.29. The Kier molecular flexibility index (Phi) is 6.18. The van der Waals surface area contributed by atoms with Crippen molar-refractivity contribution in [2.45, 2.75) is 6.92 Å². The van der Waals surface area contributed by atoms with Gasteiger partial charge in [-0.2, -0.15) is 15.0 Å². The molecule has 0 radical (unpaired) electrons. The van der Waals surface area contributed by atoms with Crippen LogP contribution < -0.4 is 10.1 Å². The highest BCUT2D eigenvalue weighted by molar-refractivity contribution is 6.17. The predicted molar refractivity (Wildman–Crippen MR) is 139 cm³/mol. The second-order valence-corrected chi connectivity index (χ2v) is 8.28. The molecule has 0 saturated heterocycles. The van der Waals surface area contributed by atoms with Gasteiger partial charge in [0.25, 0.3) is 5.91 Å². The second kappa shape index (κ2) is 9.76. The molecule has 8 nitrogen and oxygen atoms in total. The van der Waals surface area contributed by atoms with Gasteiger partial charge in [0.2, 0.25) is 0 Å². The molecule has 0 aliphatic rings. The fourth-order valence-electron chi connectivity index (χ4n) is 4.17. The fraction of sp³-hybridized carbons (Fsp3) is 0.0690. The Balaban J connectivity index is 1.57. The summed E-state index contributed by atoms with van der Waals surface area (Å²) in [5.41, 5.74) is 2.60. The molecule has 0 aliphatic heterocycles. The summed E-state index contributed by atoms with van der Waals surface area (Å²) in [5, 5.41) is 17.7. The minimum absolute atomic E-state index is 0.149. The molecule has 2 aromatic heterocycles. The molecular weight excluding hydrogens is 466 g/mol. The molecule has 5 aromatic rings. The number of hydrogen-bond donors (Lipinski definition) is 1. The van der Waals surface area contributed by atoms with Crippen LogP contribution in [0.5, 0.6) is 5.75 Å². The Labute approximate surface area is 212 Å². The molecule has 8 heteroatoms. The topological polar surface area (TPSA) is 110 Å². The van der Waals surface area contributed by atoms with Crippen LogP contribution in [-0.2, 0) is 0 Å². The number of rotatable bonds is 6. The summed E-state index contributed by atoms with van der Waals surface area (Å²) in [6, 6.07) is 24.8. The summed E-state index contributed by atoms with van der Waals surface area (Å²) in [6.45, 7) is 1.94. The van der Waals surface area contributed by atoms with Crippen molar-refractivity contribution in [2.24, 2.45) is 0 Å². The van der Waals surface area contributed by atoms with Gasteiger partial charge in [-0.15, -0.1) is 0 Å². The molecule has 0 saturated carbocycles. The largest absolute Gasteiger partial charge is 0.494 e. The molecular formula is C29H21N5O3. The standard InChI is InChI=1S/C29H21N5O3/c1-18-15-25(32-26-21(18)13-8-14-24(26)37-2)34-28(20(16-30)17-31-34)33-29(36)23-12-7-6-11-22(23)27(35)19-9-4-3-5-10-19/h3-15,17H,1-2H3,(H,33,36). The van der Waals surface area contributed by atoms with E-state index in [0.29, 0.717) is 22.6 Å². The number of fused-ring (bicyclic) bond motifs is 1. The third-order valence-corrected chi connectivity index (χ3v) is 6.01. The number of anilines is 1. The average molecular weight is 488 g/mol. The maximum absolute atomic E-state index is 13.4. The number of carbonyl (C=O) groups is 2. The number of methoxy groups -OCH3 is 1. The van der Waals surface area contributed by atoms with Gasteiger partial charge in [-0.1, -0.05) is 60.7 Å². The zero-order chi connectivity index (χ0) is 25.9. The van der Waals surface area contributed by atoms with Gasteiger partial charge < -0.3 is 10.1 Å². The van der Waals surface area contributed by atoms with Crippen molar-refractivity contribution in [1.29, 1.82) is 5.26 Å². The molecule has 0 fully saturated rings. The Morgan fingerprint density at radius 2 is 1.70 bits per heavy atom. The van der Waals surface area contributed by atoms with Gasteiger partial charge in [0.05, 0.1) is 18.9 Å². The van der Waals surface area contributed by atoms with Gasteiger partial charge in [-0.3, -0.25) is 9.59 Å². The van der Waals surface area contributed by atoms with Crippen LogP contribution in [-0.4, -0.2) is 33.6 Å². The van der Waals surface area contributed by atoms with E-state index in [1.165, 1.54) is 10.9 Å².